The first-order chi connectivity index (χ1) is 8.72. The number of piperazine rings is 1. The largest absolute Gasteiger partial charge is 0.391 e. The summed E-state index contributed by atoms with van der Waals surface area (Å²) in [4.78, 5) is 15.5. The predicted octanol–water partition coefficient (Wildman–Crippen LogP) is -0.327. The number of quaternary nitrogens is 1. The Labute approximate surface area is 112 Å². The average molecular weight is 270 g/mol. The van der Waals surface area contributed by atoms with E-state index < -0.39 is 0 Å². The Morgan fingerprint density at radius 3 is 2.61 bits per heavy atom. The van der Waals surface area contributed by atoms with Crippen LogP contribution in [-0.2, 0) is 0 Å². The van der Waals surface area contributed by atoms with E-state index in [1.54, 1.807) is 12.1 Å². The Bertz CT molecular complexity index is 417. The molecule has 0 spiro atoms. The molecule has 1 amide bonds. The highest BCUT2D eigenvalue weighted by Gasteiger charge is 2.24. The topological polar surface area (TPSA) is 45.0 Å². The number of aliphatic hydroxyl groups excluding tert-OH is 1. The van der Waals surface area contributed by atoms with Gasteiger partial charge in [0.2, 0.25) is 0 Å². The number of carbonyl (C=O) groups is 1. The van der Waals surface area contributed by atoms with Crippen molar-refractivity contribution in [3.63, 3.8) is 0 Å². The highest BCUT2D eigenvalue weighted by atomic mass is 35.5. The molecule has 1 aromatic rings. The van der Waals surface area contributed by atoms with Crippen LogP contribution in [0.3, 0.4) is 0 Å². The number of amides is 1. The lowest BCUT2D eigenvalue weighted by molar-refractivity contribution is -0.904. The molecule has 0 aromatic heterocycles. The number of rotatable bonds is 3. The average Bonchev–Trinajstić information content (AvgIpc) is 2.40. The summed E-state index contributed by atoms with van der Waals surface area (Å²) in [6, 6.07) is 7.15. The van der Waals surface area contributed by atoms with E-state index in [4.69, 9.17) is 16.7 Å². The van der Waals surface area contributed by atoms with Gasteiger partial charge < -0.3 is 14.9 Å². The fourth-order valence-corrected chi connectivity index (χ4v) is 2.46. The summed E-state index contributed by atoms with van der Waals surface area (Å²) in [5.74, 6) is 0.00338. The lowest BCUT2D eigenvalue weighted by Gasteiger charge is -2.32. The summed E-state index contributed by atoms with van der Waals surface area (Å²) < 4.78 is 0. The van der Waals surface area contributed by atoms with Crippen LogP contribution >= 0.6 is 11.6 Å². The molecule has 5 heteroatoms. The Morgan fingerprint density at radius 2 is 2.00 bits per heavy atom. The molecule has 1 aliphatic heterocycles. The molecule has 0 aliphatic carbocycles. The summed E-state index contributed by atoms with van der Waals surface area (Å²) in [6.45, 7) is 4.17. The highest BCUT2D eigenvalue weighted by molar-refractivity contribution is 6.33. The van der Waals surface area contributed by atoms with E-state index in [1.807, 2.05) is 17.0 Å². The van der Waals surface area contributed by atoms with E-state index in [-0.39, 0.29) is 12.5 Å². The molecule has 0 bridgehead atoms. The standard InChI is InChI=1S/C13H17ClN2O2/c14-12-4-2-1-3-11(12)13(18)16-7-5-15(6-8-16)9-10-17/h1-4,17H,5-10H2/p+1. The van der Waals surface area contributed by atoms with Crippen molar-refractivity contribution in [2.24, 2.45) is 0 Å². The van der Waals surface area contributed by atoms with Crippen molar-refractivity contribution in [3.8, 4) is 0 Å². The van der Waals surface area contributed by atoms with Crippen LogP contribution in [0.1, 0.15) is 10.4 Å². The second-order valence-corrected chi connectivity index (χ2v) is 4.90. The minimum absolute atomic E-state index is 0.00338. The molecule has 1 fully saturated rings. The fourth-order valence-electron chi connectivity index (χ4n) is 2.24. The van der Waals surface area contributed by atoms with E-state index in [0.717, 1.165) is 32.7 Å². The van der Waals surface area contributed by atoms with Crippen molar-refractivity contribution < 1.29 is 14.8 Å². The number of carbonyl (C=O) groups excluding carboxylic acids is 1. The molecule has 1 aromatic carbocycles. The normalized spacial score (nSPS) is 16.9. The van der Waals surface area contributed by atoms with E-state index in [0.29, 0.717) is 10.6 Å². The van der Waals surface area contributed by atoms with Gasteiger partial charge in [-0.1, -0.05) is 23.7 Å². The van der Waals surface area contributed by atoms with Crippen LogP contribution in [0.25, 0.3) is 0 Å². The van der Waals surface area contributed by atoms with Gasteiger partial charge in [0.05, 0.1) is 43.4 Å². The minimum atomic E-state index is 0.00338. The second kappa shape index (κ2) is 6.18. The van der Waals surface area contributed by atoms with Gasteiger partial charge in [0.25, 0.3) is 5.91 Å². The second-order valence-electron chi connectivity index (χ2n) is 4.50. The number of halogens is 1. The molecule has 0 unspecified atom stereocenters. The summed E-state index contributed by atoms with van der Waals surface area (Å²) in [6.07, 6.45) is 0. The predicted molar refractivity (Wildman–Crippen MR) is 70.0 cm³/mol. The van der Waals surface area contributed by atoms with Crippen LogP contribution < -0.4 is 4.90 Å². The van der Waals surface area contributed by atoms with Gasteiger partial charge in [0.15, 0.2) is 0 Å². The molecule has 1 aliphatic rings. The van der Waals surface area contributed by atoms with Gasteiger partial charge in [-0.15, -0.1) is 0 Å². The zero-order chi connectivity index (χ0) is 13.0. The molecule has 2 N–H and O–H groups in total. The molecule has 1 heterocycles. The zero-order valence-electron chi connectivity index (χ0n) is 10.2. The van der Waals surface area contributed by atoms with E-state index >= 15 is 0 Å². The smallest absolute Gasteiger partial charge is 0.255 e. The van der Waals surface area contributed by atoms with Crippen molar-refractivity contribution in [3.05, 3.63) is 34.9 Å². The Morgan fingerprint density at radius 1 is 1.33 bits per heavy atom. The van der Waals surface area contributed by atoms with Gasteiger partial charge in [-0.2, -0.15) is 0 Å². The first-order valence-corrected chi connectivity index (χ1v) is 6.58. The summed E-state index contributed by atoms with van der Waals surface area (Å²) in [5.41, 5.74) is 0.574. The molecular formula is C13H18ClN2O2+. The van der Waals surface area contributed by atoms with Crippen molar-refractivity contribution in [2.75, 3.05) is 39.3 Å². The lowest BCUT2D eigenvalue weighted by atomic mass is 10.2. The van der Waals surface area contributed by atoms with Crippen LogP contribution in [-0.4, -0.2) is 55.2 Å². The number of nitrogens with zero attached hydrogens (tertiary/aromatic N) is 1. The molecule has 4 nitrogen and oxygen atoms in total. The van der Waals surface area contributed by atoms with Gasteiger partial charge in [-0.3, -0.25) is 4.79 Å². The van der Waals surface area contributed by atoms with Crippen molar-refractivity contribution in [1.29, 1.82) is 0 Å². The molecule has 0 atom stereocenters. The zero-order valence-corrected chi connectivity index (χ0v) is 11.0. The van der Waals surface area contributed by atoms with Gasteiger partial charge in [-0.25, -0.2) is 0 Å². The van der Waals surface area contributed by atoms with Crippen molar-refractivity contribution in [2.45, 2.75) is 0 Å². The van der Waals surface area contributed by atoms with E-state index in [1.165, 1.54) is 4.90 Å². The number of aliphatic hydroxyl groups is 1. The van der Waals surface area contributed by atoms with Crippen LogP contribution in [0.5, 0.6) is 0 Å². The molecule has 1 saturated heterocycles. The molecule has 98 valence electrons. The summed E-state index contributed by atoms with van der Waals surface area (Å²) >= 11 is 6.03. The highest BCUT2D eigenvalue weighted by Crippen LogP contribution is 2.16. The van der Waals surface area contributed by atoms with Gasteiger partial charge in [0.1, 0.15) is 6.54 Å². The molecule has 18 heavy (non-hydrogen) atoms. The van der Waals surface area contributed by atoms with Gasteiger partial charge in [0, 0.05) is 0 Å². The van der Waals surface area contributed by atoms with Crippen LogP contribution in [0.2, 0.25) is 5.02 Å². The Kier molecular flexibility index (Phi) is 4.58. The summed E-state index contributed by atoms with van der Waals surface area (Å²) in [5, 5.41) is 9.40. The molecule has 2 rings (SSSR count). The van der Waals surface area contributed by atoms with Crippen molar-refractivity contribution in [1.82, 2.24) is 4.90 Å². The number of hydrogen-bond donors (Lipinski definition) is 2. The maximum Gasteiger partial charge on any atom is 0.255 e. The monoisotopic (exact) mass is 269 g/mol. The third kappa shape index (κ3) is 3.02. The maximum atomic E-state index is 12.3. The SMILES string of the molecule is O=C(c1ccccc1Cl)N1CC[NH+](CCO)CC1. The first kappa shape index (κ1) is 13.3. The third-order valence-corrected chi connectivity index (χ3v) is 3.66. The number of benzene rings is 1. The summed E-state index contributed by atoms with van der Waals surface area (Å²) in [7, 11) is 0. The van der Waals surface area contributed by atoms with Crippen LogP contribution in [0, 0.1) is 0 Å². The van der Waals surface area contributed by atoms with Gasteiger partial charge >= 0.3 is 0 Å². The van der Waals surface area contributed by atoms with Crippen LogP contribution in [0.15, 0.2) is 24.3 Å². The number of hydrogen-bond acceptors (Lipinski definition) is 2. The van der Waals surface area contributed by atoms with E-state index in [9.17, 15) is 4.79 Å². The van der Waals surface area contributed by atoms with E-state index in [2.05, 4.69) is 0 Å². The van der Waals surface area contributed by atoms with Crippen LogP contribution in [0.4, 0.5) is 0 Å². The fraction of sp³-hybridized carbons (Fsp3) is 0.462. The molecule has 0 saturated carbocycles. The minimum Gasteiger partial charge on any atom is -0.391 e. The maximum absolute atomic E-state index is 12.3. The number of nitrogens with one attached hydrogen (secondary N) is 1. The first-order valence-electron chi connectivity index (χ1n) is 6.20. The quantitative estimate of drug-likeness (QED) is 0.790. The molecular weight excluding hydrogens is 252 g/mol. The van der Waals surface area contributed by atoms with Crippen molar-refractivity contribution >= 4 is 17.5 Å². The lowest BCUT2D eigenvalue weighted by Crippen LogP contribution is -3.15. The third-order valence-electron chi connectivity index (χ3n) is 3.33. The Hall–Kier alpha value is -1.10. The molecule has 0 radical (unpaired) electrons. The van der Waals surface area contributed by atoms with Gasteiger partial charge in [-0.05, 0) is 12.1 Å². The Balaban J connectivity index is 1.98.